The zero-order valence-electron chi connectivity index (χ0n) is 83.9. The number of aromatic nitrogens is 4. The van der Waals surface area contributed by atoms with Gasteiger partial charge >= 0.3 is 0 Å². The molecule has 2 aromatic heterocycles. The highest BCUT2D eigenvalue weighted by Crippen LogP contribution is 2.42. The number of piperazine rings is 4. The van der Waals surface area contributed by atoms with E-state index in [1.807, 2.05) is 30.3 Å². The molecule has 0 radical (unpaired) electrons. The number of rotatable bonds is 16. The normalized spacial score (nSPS) is 23.3. The third-order valence-electron chi connectivity index (χ3n) is 29.1. The van der Waals surface area contributed by atoms with Gasteiger partial charge in [0.2, 0.25) is 11.2 Å². The van der Waals surface area contributed by atoms with Crippen LogP contribution in [0.5, 0.6) is 0 Å². The second-order valence-corrected chi connectivity index (χ2v) is 40.3. The number of carbonyl (C=O) groups is 1. The lowest BCUT2D eigenvalue weighted by Gasteiger charge is -2.47. The first-order valence-electron chi connectivity index (χ1n) is 51.1. The molecule has 0 unspecified atom stereocenters. The fourth-order valence-corrected chi connectivity index (χ4v) is 20.9. The number of nitrogen functional groups attached to an aromatic ring is 1. The second kappa shape index (κ2) is 55.3. The summed E-state index contributed by atoms with van der Waals surface area (Å²) in [6.45, 7) is 43.9. The molecule has 0 saturated carbocycles. The van der Waals surface area contributed by atoms with E-state index in [2.05, 4.69) is 146 Å². The number of benzene rings is 4. The van der Waals surface area contributed by atoms with E-state index in [-0.39, 0.29) is 69.4 Å². The number of likely N-dealkylation sites (tertiary alicyclic amines) is 1. The molecule has 16 aliphatic heterocycles. The van der Waals surface area contributed by atoms with Crippen LogP contribution in [0.4, 0.5) is 70.6 Å². The number of halogens is 4. The van der Waals surface area contributed by atoms with Gasteiger partial charge in [-0.25, -0.2) is 23.1 Å². The number of anilines is 8. The van der Waals surface area contributed by atoms with Gasteiger partial charge in [-0.15, -0.1) is 0 Å². The van der Waals surface area contributed by atoms with Gasteiger partial charge in [0.05, 0.1) is 158 Å². The first kappa shape index (κ1) is 111. The van der Waals surface area contributed by atoms with Crippen molar-refractivity contribution in [2.24, 2.45) is 0 Å². The number of ketones is 1. The Morgan fingerprint density at radius 3 is 1.24 bits per heavy atom. The summed E-state index contributed by atoms with van der Waals surface area (Å²) >= 11 is 5.74. The number of aliphatic hydroxyl groups is 1. The van der Waals surface area contributed by atoms with Crippen LogP contribution in [0.1, 0.15) is 147 Å². The van der Waals surface area contributed by atoms with Gasteiger partial charge in [-0.2, -0.15) is 31.0 Å². The largest absolute Gasteiger partial charge is 0.399 e. The molecule has 8 N–H and O–H groups in total. The van der Waals surface area contributed by atoms with E-state index < -0.39 is 27.3 Å². The average Bonchev–Trinajstić information content (AvgIpc) is 1.59. The Kier molecular flexibility index (Phi) is 42.5. The number of nitro benzene ring substituents is 2. The lowest BCUT2D eigenvalue weighted by molar-refractivity contribution is -0.385. The van der Waals surface area contributed by atoms with Crippen LogP contribution in [-0.2, 0) is 33.2 Å². The molecule has 4 atom stereocenters. The minimum Gasteiger partial charge on any atom is -0.399 e. The molecule has 0 spiro atoms. The van der Waals surface area contributed by atoms with E-state index in [4.69, 9.17) is 51.4 Å². The molecule has 16 aliphatic rings. The quantitative estimate of drug-likeness (QED) is 0.0205. The van der Waals surface area contributed by atoms with Gasteiger partial charge in [0.25, 0.3) is 11.4 Å². The monoisotopic (exact) mass is 2020 g/mol. The minimum atomic E-state index is -0.747. The Bertz CT molecular complexity index is 5230. The van der Waals surface area contributed by atoms with E-state index >= 15 is 0 Å². The van der Waals surface area contributed by atoms with Crippen molar-refractivity contribution in [1.29, 1.82) is 21.0 Å². The molecule has 0 bridgehead atoms. The number of piperidine rings is 4. The summed E-state index contributed by atoms with van der Waals surface area (Å²) in [6, 6.07) is 31.4. The van der Waals surface area contributed by atoms with Gasteiger partial charge in [0.1, 0.15) is 43.3 Å². The van der Waals surface area contributed by atoms with Gasteiger partial charge < -0.3 is 80.5 Å². The van der Waals surface area contributed by atoms with E-state index in [9.17, 15) is 54.0 Å². The maximum absolute atomic E-state index is 14.7. The van der Waals surface area contributed by atoms with E-state index in [0.717, 1.165) is 243 Å². The maximum Gasteiger partial charge on any atom is 0.270 e. The summed E-state index contributed by atoms with van der Waals surface area (Å²) in [6.07, 6.45) is 19.6. The maximum atomic E-state index is 14.7. The first-order chi connectivity index (χ1) is 69.7. The third-order valence-corrected chi connectivity index (χ3v) is 29.3. The van der Waals surface area contributed by atoms with Crippen molar-refractivity contribution in [2.45, 2.75) is 190 Å². The van der Waals surface area contributed by atoms with Gasteiger partial charge in [-0.05, 0) is 211 Å². The number of nitrogens with one attached hydrogen (secondary N) is 5. The predicted molar refractivity (Wildman–Crippen MR) is 545 cm³/mol. The topological polar surface area (TPSA) is 444 Å². The number of hydrogen-bond acceptors (Lipinski definition) is 36. The van der Waals surface area contributed by atoms with E-state index in [0.29, 0.717) is 77.4 Å². The highest BCUT2D eigenvalue weighted by Gasteiger charge is 2.46. The van der Waals surface area contributed by atoms with E-state index in [1.54, 1.807) is 19.1 Å². The summed E-state index contributed by atoms with van der Waals surface area (Å²) in [5.74, 6) is -0.685. The van der Waals surface area contributed by atoms with Crippen molar-refractivity contribution in [2.75, 3.05) is 266 Å². The van der Waals surface area contributed by atoms with Crippen molar-refractivity contribution in [3.8, 4) is 24.3 Å². The molecule has 16 fully saturated rings. The standard InChI is InChI=1S/C28H37FN8O.C14H20ClFN4.C14H16N4O3.C14H18N4O.C8H15NO.C7H3FN2O2.C7H14N2O.C5H11N.C3H4O2.C2H6O/c1-28(2)14-21(13-22-4-3-7-37(22)28)32-26-24(29)16-31-27(34-26)33-20-5-6-25(19(12-20)15-30)36-10-8-35(9-11-36)23-17-38-18-23;1-14(2)7-9(6-10-4-3-5-20(10)14)18-12-11(16)8-17-13(15)19-12;15-8-11-7-12(18(19)20)1-2-14(11)17-5-3-16(4-6-17)13-9-21-10-13;15-8-11-7-12(16)1-2-14(11)18-5-3-17(4-6-18)13-9-19-10-13;1-2-4-9(5-3-1)8-6-10-7-8;8-7-2-1-6(10(11)12)3-5(7)4-9;1-3-9(4-2-8-1)7-5-10-6-7;1-2-4-6-5-3-1;4-3-1-5-2-3;1-2-3/h5-6,12,16,21-23H,3-4,7-11,13-14,17-18H2,1-2H3,(H2,31,32,33,34);8-10H,3-7H2,1-2H3,(H,17,18,19);1-2,7,13H,3-6,9-10H2;1-2,7,13H,3-6,9-10,16H2;8H,1-7H2;1-3H;7-8H,1-6H2;6H,1-5H2;1-2H2;3H,2H2,1H3/t21-,22+;9-,10+;;;;;;;;/m11......../s1. The van der Waals surface area contributed by atoms with Crippen LogP contribution in [0.25, 0.3) is 0 Å². The van der Waals surface area contributed by atoms with Crippen LogP contribution >= 0.6 is 11.6 Å². The fourth-order valence-electron chi connectivity index (χ4n) is 20.8. The Balaban J connectivity index is 0.000000143. The summed E-state index contributed by atoms with van der Waals surface area (Å²) in [7, 11) is 0. The number of nitrogens with zero attached hydrogens (tertiary/aromatic N) is 20. The smallest absolute Gasteiger partial charge is 0.270 e. The number of hydrogen-bond donors (Lipinski definition) is 7. The average molecular weight is 2020 g/mol. The summed E-state index contributed by atoms with van der Waals surface area (Å²) in [5.41, 5.74) is 11.0. The first-order valence-corrected chi connectivity index (χ1v) is 51.4. The van der Waals surface area contributed by atoms with Crippen LogP contribution in [0.3, 0.4) is 0 Å². The molecule has 0 aliphatic carbocycles. The van der Waals surface area contributed by atoms with Gasteiger partial charge in [-0.3, -0.25) is 59.3 Å². The van der Waals surface area contributed by atoms with Gasteiger partial charge in [0.15, 0.2) is 29.1 Å². The number of fused-ring (bicyclic) bond motifs is 2. The number of ether oxygens (including phenoxy) is 6. The van der Waals surface area contributed by atoms with Gasteiger partial charge in [0, 0.05) is 182 Å². The predicted octanol–water partition coefficient (Wildman–Crippen LogP) is 10.4. The van der Waals surface area contributed by atoms with Crippen molar-refractivity contribution in [3.63, 3.8) is 0 Å². The highest BCUT2D eigenvalue weighted by atomic mass is 35.5. The van der Waals surface area contributed by atoms with Crippen LogP contribution in [-0.4, -0.2) is 370 Å². The molecule has 0 amide bonds. The number of aliphatic hydroxyl groups excluding tert-OH is 1. The van der Waals surface area contributed by atoms with Crippen molar-refractivity contribution in [3.05, 3.63) is 150 Å². The number of non-ortho nitro benzene ring substituents is 2. The van der Waals surface area contributed by atoms with Crippen LogP contribution in [0, 0.1) is 83.0 Å². The molecule has 38 nitrogen and oxygen atoms in total. The molecule has 18 heterocycles. The van der Waals surface area contributed by atoms with Gasteiger partial charge in [-0.1, -0.05) is 12.8 Å². The zero-order chi connectivity index (χ0) is 102. The molecule has 22 rings (SSSR count). The molecule has 42 heteroatoms. The second-order valence-electron chi connectivity index (χ2n) is 39.9. The van der Waals surface area contributed by atoms with Crippen LogP contribution in [0.15, 0.2) is 85.2 Å². The van der Waals surface area contributed by atoms with Crippen molar-refractivity contribution in [1.82, 2.24) is 64.9 Å². The SMILES string of the molecule is C1CCN(C2COC2)CC1.C1CCNCC1.C1CN(C2COC2)CCN1.CC1(C)C[C@H](Nc2nc(Cl)ncc2F)C[C@@H]2CCCN21.CC1(C)C[C@H](Nc2nc(Nc3ccc(N4CCN(C5COC5)CC4)c(C#N)c3)ncc2F)C[C@@H]2CCCN21.CCO.N#Cc1cc(N)ccc1N1CCN(C2COC2)CC1.N#Cc1cc([N+](=O)[O-])ccc1F.N#Cc1cc([N+](=O)[O-])ccc1N1CCN(C2COC2)CC1.O=C1COC1. The van der Waals surface area contributed by atoms with E-state index in [1.165, 1.54) is 134 Å². The Hall–Kier alpha value is -10.5. The molecule has 16 saturated heterocycles. The fraction of sp³-hybridized carbons (Fsp3) is 0.637. The Morgan fingerprint density at radius 2 is 0.840 bits per heavy atom. The number of Topliss-reactive ketones (excluding diaryl/α,β-unsaturated/α-hetero) is 1. The molecular formula is C102H144ClF3N26O12. The lowest BCUT2D eigenvalue weighted by atomic mass is 9.84. The number of nitrogens with two attached hydrogens (primary N) is 1. The molecule has 6 aromatic rings. The summed E-state index contributed by atoms with van der Waals surface area (Å²) < 4.78 is 71.6. The molecule has 144 heavy (non-hydrogen) atoms. The number of nitriles is 4. The number of carbonyl (C=O) groups excluding carboxylic acids is 1. The Labute approximate surface area is 848 Å². The zero-order valence-corrected chi connectivity index (χ0v) is 84.7. The van der Waals surface area contributed by atoms with Crippen LogP contribution in [0.2, 0.25) is 5.28 Å². The lowest BCUT2D eigenvalue weighted by Crippen LogP contribution is -2.56. The third kappa shape index (κ3) is 31.8. The minimum absolute atomic E-state index is 0.0412. The Morgan fingerprint density at radius 1 is 0.465 bits per heavy atom. The van der Waals surface area contributed by atoms with Crippen LogP contribution < -0.4 is 47.0 Å². The highest BCUT2D eigenvalue weighted by molar-refractivity contribution is 6.28. The summed E-state index contributed by atoms with van der Waals surface area (Å²) in [5, 5.41) is 81.6. The molecule has 4 aromatic carbocycles. The van der Waals surface area contributed by atoms with Crippen molar-refractivity contribution >= 4 is 74.8 Å². The van der Waals surface area contributed by atoms with Crippen molar-refractivity contribution < 1.29 is 61.3 Å². The molecular weight excluding hydrogens is 1870 g/mol. The molecule has 782 valence electrons. The summed E-state index contributed by atoms with van der Waals surface area (Å²) in [4.78, 5) is 70.1. The number of nitro groups is 2.